The number of amides is 1. The van der Waals surface area contributed by atoms with Crippen LogP contribution in [0.4, 0.5) is 17.1 Å². The molecule has 0 aromatic heterocycles. The van der Waals surface area contributed by atoms with E-state index in [0.717, 1.165) is 29.7 Å². The van der Waals surface area contributed by atoms with E-state index < -0.39 is 10.8 Å². The first-order chi connectivity index (χ1) is 13.0. The highest BCUT2D eigenvalue weighted by Gasteiger charge is 2.14. The average molecular weight is 364 g/mol. The number of nitriles is 1. The molecule has 2 rings (SSSR count). The van der Waals surface area contributed by atoms with Gasteiger partial charge in [0.2, 0.25) is 0 Å². The van der Waals surface area contributed by atoms with Crippen LogP contribution in [0.25, 0.3) is 0 Å². The van der Waals surface area contributed by atoms with Gasteiger partial charge in [-0.15, -0.1) is 0 Å². The Morgan fingerprint density at radius 3 is 2.37 bits per heavy atom. The molecule has 2 N–H and O–H groups in total. The van der Waals surface area contributed by atoms with Gasteiger partial charge < -0.3 is 10.6 Å². The van der Waals surface area contributed by atoms with Crippen molar-refractivity contribution >= 4 is 23.0 Å². The molecular formula is C20H20N4O3. The number of nitrogens with one attached hydrogen (secondary N) is 2. The van der Waals surface area contributed by atoms with Gasteiger partial charge in [-0.2, -0.15) is 5.26 Å². The van der Waals surface area contributed by atoms with Gasteiger partial charge in [-0.3, -0.25) is 14.9 Å². The molecule has 2 aromatic rings. The number of hydrogen-bond acceptors (Lipinski definition) is 5. The van der Waals surface area contributed by atoms with Crippen molar-refractivity contribution in [2.75, 3.05) is 10.6 Å². The van der Waals surface area contributed by atoms with Crippen molar-refractivity contribution < 1.29 is 9.72 Å². The van der Waals surface area contributed by atoms with Crippen molar-refractivity contribution in [1.29, 1.82) is 5.26 Å². The Kier molecular flexibility index (Phi) is 6.67. The van der Waals surface area contributed by atoms with Crippen LogP contribution in [0.15, 0.2) is 54.2 Å². The second-order valence-electron chi connectivity index (χ2n) is 5.73. The van der Waals surface area contributed by atoms with Crippen LogP contribution in [-0.2, 0) is 17.6 Å². The lowest BCUT2D eigenvalue weighted by atomic mass is 10.0. The molecule has 0 saturated carbocycles. The summed E-state index contributed by atoms with van der Waals surface area (Å²) in [6, 6.07) is 13.5. The Balaban J connectivity index is 2.22. The van der Waals surface area contributed by atoms with E-state index in [1.165, 1.54) is 24.4 Å². The van der Waals surface area contributed by atoms with Gasteiger partial charge in [0.15, 0.2) is 0 Å². The molecule has 7 nitrogen and oxygen atoms in total. The molecule has 27 heavy (non-hydrogen) atoms. The number of carbonyl (C=O) groups excluding carboxylic acids is 1. The molecule has 0 atom stereocenters. The van der Waals surface area contributed by atoms with Crippen molar-refractivity contribution in [2.24, 2.45) is 0 Å². The summed E-state index contributed by atoms with van der Waals surface area (Å²) < 4.78 is 0. The minimum Gasteiger partial charge on any atom is -0.360 e. The van der Waals surface area contributed by atoms with Gasteiger partial charge in [0.05, 0.1) is 4.92 Å². The van der Waals surface area contributed by atoms with Crippen molar-refractivity contribution in [3.8, 4) is 6.07 Å². The minimum atomic E-state index is -0.536. The summed E-state index contributed by atoms with van der Waals surface area (Å²) in [5, 5.41) is 25.7. The van der Waals surface area contributed by atoms with Crippen LogP contribution >= 0.6 is 0 Å². The van der Waals surface area contributed by atoms with Gasteiger partial charge in [-0.05, 0) is 30.0 Å². The second kappa shape index (κ2) is 9.15. The monoisotopic (exact) mass is 364 g/mol. The standard InChI is InChI=1S/C20H20N4O3/c1-3-14-7-5-8-15(4-2)19(14)23-20(25)16(12-21)13-22-17-9-6-10-18(11-17)24(26)27/h5-11,13,22H,3-4H2,1-2H3,(H,23,25)/b16-13-. The Labute approximate surface area is 157 Å². The lowest BCUT2D eigenvalue weighted by Crippen LogP contribution is -2.17. The van der Waals surface area contributed by atoms with Crippen LogP contribution in [0, 0.1) is 21.4 Å². The van der Waals surface area contributed by atoms with Crippen molar-refractivity contribution in [3.63, 3.8) is 0 Å². The first-order valence-electron chi connectivity index (χ1n) is 8.53. The largest absolute Gasteiger partial charge is 0.360 e. The summed E-state index contributed by atoms with van der Waals surface area (Å²) in [5.41, 5.74) is 2.91. The second-order valence-corrected chi connectivity index (χ2v) is 5.73. The van der Waals surface area contributed by atoms with E-state index in [4.69, 9.17) is 0 Å². The van der Waals surface area contributed by atoms with Crippen molar-refractivity contribution in [1.82, 2.24) is 0 Å². The summed E-state index contributed by atoms with van der Waals surface area (Å²) in [6.07, 6.45) is 2.75. The van der Waals surface area contributed by atoms with Crippen molar-refractivity contribution in [2.45, 2.75) is 26.7 Å². The highest BCUT2D eigenvalue weighted by Crippen LogP contribution is 2.23. The van der Waals surface area contributed by atoms with E-state index in [-0.39, 0.29) is 11.3 Å². The number of non-ortho nitro benzene ring substituents is 1. The summed E-state index contributed by atoms with van der Waals surface area (Å²) in [4.78, 5) is 22.8. The first kappa shape index (κ1) is 19.7. The predicted octanol–water partition coefficient (Wildman–Crippen LogP) is 4.18. The quantitative estimate of drug-likeness (QED) is 0.332. The first-order valence-corrected chi connectivity index (χ1v) is 8.53. The Hall–Kier alpha value is -3.66. The molecule has 2 aromatic carbocycles. The van der Waals surface area contributed by atoms with Crippen LogP contribution in [0.2, 0.25) is 0 Å². The van der Waals surface area contributed by atoms with Crippen LogP contribution in [0.5, 0.6) is 0 Å². The van der Waals surface area contributed by atoms with E-state index >= 15 is 0 Å². The number of para-hydroxylation sites is 1. The predicted molar refractivity (Wildman–Crippen MR) is 104 cm³/mol. The maximum absolute atomic E-state index is 12.5. The summed E-state index contributed by atoms with van der Waals surface area (Å²) in [6.45, 7) is 3.99. The number of aryl methyl sites for hydroxylation is 2. The number of nitro groups is 1. The zero-order valence-corrected chi connectivity index (χ0v) is 15.2. The van der Waals surface area contributed by atoms with E-state index in [9.17, 15) is 20.2 Å². The lowest BCUT2D eigenvalue weighted by molar-refractivity contribution is -0.384. The number of rotatable bonds is 7. The zero-order chi connectivity index (χ0) is 19.8. The fourth-order valence-corrected chi connectivity index (χ4v) is 2.60. The molecule has 0 radical (unpaired) electrons. The number of hydrogen-bond donors (Lipinski definition) is 2. The van der Waals surface area contributed by atoms with Crippen LogP contribution in [-0.4, -0.2) is 10.8 Å². The molecule has 0 spiro atoms. The van der Waals surface area contributed by atoms with Gasteiger partial charge >= 0.3 is 0 Å². The minimum absolute atomic E-state index is 0.0826. The smallest absolute Gasteiger partial charge is 0.271 e. The molecule has 1 amide bonds. The molecule has 0 saturated heterocycles. The maximum Gasteiger partial charge on any atom is 0.271 e. The van der Waals surface area contributed by atoms with Gasteiger partial charge in [0.25, 0.3) is 11.6 Å². The summed E-state index contributed by atoms with van der Waals surface area (Å²) >= 11 is 0. The van der Waals surface area contributed by atoms with Crippen LogP contribution in [0.1, 0.15) is 25.0 Å². The highest BCUT2D eigenvalue weighted by atomic mass is 16.6. The van der Waals surface area contributed by atoms with Gasteiger partial charge in [0.1, 0.15) is 11.6 Å². The third-order valence-electron chi connectivity index (χ3n) is 4.04. The molecule has 0 aliphatic heterocycles. The van der Waals surface area contributed by atoms with E-state index in [1.807, 2.05) is 38.1 Å². The van der Waals surface area contributed by atoms with Crippen LogP contribution in [0.3, 0.4) is 0 Å². The Morgan fingerprint density at radius 1 is 1.19 bits per heavy atom. The highest BCUT2D eigenvalue weighted by molar-refractivity contribution is 6.07. The number of nitrogens with zero attached hydrogens (tertiary/aromatic N) is 2. The van der Waals surface area contributed by atoms with E-state index in [2.05, 4.69) is 10.6 Å². The molecule has 0 fully saturated rings. The maximum atomic E-state index is 12.5. The fourth-order valence-electron chi connectivity index (χ4n) is 2.60. The summed E-state index contributed by atoms with van der Waals surface area (Å²) in [5.74, 6) is -0.536. The number of anilines is 2. The zero-order valence-electron chi connectivity index (χ0n) is 15.2. The number of carbonyl (C=O) groups is 1. The average Bonchev–Trinajstić information content (AvgIpc) is 2.68. The van der Waals surface area contributed by atoms with E-state index in [0.29, 0.717) is 5.69 Å². The topological polar surface area (TPSA) is 108 Å². The molecule has 7 heteroatoms. The van der Waals surface area contributed by atoms with Gasteiger partial charge in [-0.1, -0.05) is 38.1 Å². The molecule has 0 bridgehead atoms. The third kappa shape index (κ3) is 4.92. The molecule has 138 valence electrons. The molecule has 0 aliphatic rings. The molecule has 0 heterocycles. The van der Waals surface area contributed by atoms with Crippen LogP contribution < -0.4 is 10.6 Å². The fraction of sp³-hybridized carbons (Fsp3) is 0.200. The molecule has 0 unspecified atom stereocenters. The van der Waals surface area contributed by atoms with Crippen molar-refractivity contribution in [3.05, 3.63) is 75.5 Å². The Bertz CT molecular complexity index is 907. The summed E-state index contributed by atoms with van der Waals surface area (Å²) in [7, 11) is 0. The number of nitro benzene ring substituents is 1. The Morgan fingerprint density at radius 2 is 1.81 bits per heavy atom. The lowest BCUT2D eigenvalue weighted by Gasteiger charge is -2.14. The normalized spacial score (nSPS) is 10.8. The SMILES string of the molecule is CCc1cccc(CC)c1NC(=O)/C(C#N)=C\Nc1cccc([N+](=O)[O-])c1. The molecule has 0 aliphatic carbocycles. The van der Waals surface area contributed by atoms with Gasteiger partial charge in [0, 0.05) is 29.7 Å². The van der Waals surface area contributed by atoms with E-state index in [1.54, 1.807) is 6.07 Å². The molecular weight excluding hydrogens is 344 g/mol. The van der Waals surface area contributed by atoms with Gasteiger partial charge in [-0.25, -0.2) is 0 Å². The third-order valence-corrected chi connectivity index (χ3v) is 4.04. The number of benzene rings is 2.